The zero-order valence-electron chi connectivity index (χ0n) is 16.2. The fourth-order valence-corrected chi connectivity index (χ4v) is 2.82. The maximum Gasteiger partial charge on any atom is 0.224 e. The fraction of sp³-hybridized carbons (Fsp3) is 0.238. The number of ether oxygens (including phenoxy) is 1. The zero-order valence-corrected chi connectivity index (χ0v) is 16.2. The van der Waals surface area contributed by atoms with E-state index in [2.05, 4.69) is 25.6 Å². The van der Waals surface area contributed by atoms with Crippen LogP contribution in [-0.2, 0) is 17.8 Å². The first-order valence-electron chi connectivity index (χ1n) is 8.95. The standard InChI is InChI=1S/C21H23N5O2/c1-14-4-5-18(28-3)16(10-14)11-20(27)24-13-17-12-19(22-2)26-21(25-17)15-6-8-23-9-7-15/h4-10,12H,11,13H2,1-3H3,(H,24,27)(H,22,25,26). The second kappa shape index (κ2) is 8.94. The number of pyridine rings is 1. The molecule has 0 aliphatic rings. The van der Waals surface area contributed by atoms with Gasteiger partial charge in [-0.2, -0.15) is 0 Å². The predicted octanol–water partition coefficient (Wildman–Crippen LogP) is 2.76. The van der Waals surface area contributed by atoms with E-state index < -0.39 is 0 Å². The van der Waals surface area contributed by atoms with Crippen molar-refractivity contribution in [1.29, 1.82) is 0 Å². The highest BCUT2D eigenvalue weighted by Gasteiger charge is 2.11. The average Bonchev–Trinajstić information content (AvgIpc) is 2.73. The van der Waals surface area contributed by atoms with Crippen LogP contribution in [0.25, 0.3) is 11.4 Å². The molecule has 144 valence electrons. The van der Waals surface area contributed by atoms with Crippen LogP contribution in [0.15, 0.2) is 48.8 Å². The van der Waals surface area contributed by atoms with E-state index in [0.717, 1.165) is 22.4 Å². The van der Waals surface area contributed by atoms with Gasteiger partial charge in [0.15, 0.2) is 5.82 Å². The minimum Gasteiger partial charge on any atom is -0.496 e. The molecule has 0 radical (unpaired) electrons. The average molecular weight is 377 g/mol. The van der Waals surface area contributed by atoms with Crippen LogP contribution >= 0.6 is 0 Å². The number of carbonyl (C=O) groups is 1. The van der Waals surface area contributed by atoms with Crippen LogP contribution in [0.4, 0.5) is 5.82 Å². The fourth-order valence-electron chi connectivity index (χ4n) is 2.82. The van der Waals surface area contributed by atoms with Crippen LogP contribution in [0.2, 0.25) is 0 Å². The highest BCUT2D eigenvalue weighted by atomic mass is 16.5. The lowest BCUT2D eigenvalue weighted by Crippen LogP contribution is -2.25. The number of benzene rings is 1. The summed E-state index contributed by atoms with van der Waals surface area (Å²) in [6.07, 6.45) is 3.63. The molecule has 2 aromatic heterocycles. The summed E-state index contributed by atoms with van der Waals surface area (Å²) in [6, 6.07) is 11.3. The van der Waals surface area contributed by atoms with Gasteiger partial charge in [0.05, 0.1) is 25.8 Å². The largest absolute Gasteiger partial charge is 0.496 e. The molecular formula is C21H23N5O2. The molecule has 0 aliphatic heterocycles. The van der Waals surface area contributed by atoms with E-state index in [4.69, 9.17) is 4.74 Å². The number of nitrogens with one attached hydrogen (secondary N) is 2. The van der Waals surface area contributed by atoms with Gasteiger partial charge < -0.3 is 15.4 Å². The van der Waals surface area contributed by atoms with Crippen LogP contribution in [0.3, 0.4) is 0 Å². The molecule has 1 aromatic carbocycles. The molecule has 2 heterocycles. The van der Waals surface area contributed by atoms with Gasteiger partial charge in [-0.1, -0.05) is 17.7 Å². The summed E-state index contributed by atoms with van der Waals surface area (Å²) in [5.41, 5.74) is 3.52. The number of methoxy groups -OCH3 is 1. The Labute approximate surface area is 164 Å². The SMILES string of the molecule is CNc1cc(CNC(=O)Cc2cc(C)ccc2OC)nc(-c2ccncc2)n1. The van der Waals surface area contributed by atoms with Crippen molar-refractivity contribution in [2.75, 3.05) is 19.5 Å². The number of amides is 1. The van der Waals surface area contributed by atoms with Crippen molar-refractivity contribution < 1.29 is 9.53 Å². The van der Waals surface area contributed by atoms with Gasteiger partial charge in [-0.05, 0) is 25.1 Å². The van der Waals surface area contributed by atoms with E-state index in [1.807, 2.05) is 43.3 Å². The van der Waals surface area contributed by atoms with Gasteiger partial charge in [0, 0.05) is 36.6 Å². The Morgan fingerprint density at radius 2 is 1.89 bits per heavy atom. The number of nitrogens with zero attached hydrogens (tertiary/aromatic N) is 3. The monoisotopic (exact) mass is 377 g/mol. The topological polar surface area (TPSA) is 89.0 Å². The van der Waals surface area contributed by atoms with Crippen molar-refractivity contribution >= 4 is 11.7 Å². The van der Waals surface area contributed by atoms with E-state index >= 15 is 0 Å². The maximum absolute atomic E-state index is 12.4. The van der Waals surface area contributed by atoms with E-state index in [9.17, 15) is 4.79 Å². The zero-order chi connectivity index (χ0) is 19.9. The third-order valence-corrected chi connectivity index (χ3v) is 4.23. The number of aromatic nitrogens is 3. The van der Waals surface area contributed by atoms with Crippen LogP contribution in [0, 0.1) is 6.92 Å². The van der Waals surface area contributed by atoms with Crippen molar-refractivity contribution in [1.82, 2.24) is 20.3 Å². The molecule has 0 saturated carbocycles. The van der Waals surface area contributed by atoms with E-state index in [0.29, 0.717) is 23.9 Å². The molecule has 2 N–H and O–H groups in total. The van der Waals surface area contributed by atoms with Gasteiger partial charge in [-0.25, -0.2) is 9.97 Å². The van der Waals surface area contributed by atoms with E-state index in [1.54, 1.807) is 26.6 Å². The Morgan fingerprint density at radius 3 is 2.61 bits per heavy atom. The third kappa shape index (κ3) is 4.82. The molecule has 7 nitrogen and oxygen atoms in total. The molecule has 0 fully saturated rings. The van der Waals surface area contributed by atoms with Gasteiger partial charge in [0.2, 0.25) is 5.91 Å². The van der Waals surface area contributed by atoms with Crippen LogP contribution < -0.4 is 15.4 Å². The Bertz CT molecular complexity index is 960. The lowest BCUT2D eigenvalue weighted by molar-refractivity contribution is -0.120. The molecule has 7 heteroatoms. The normalized spacial score (nSPS) is 10.4. The molecular weight excluding hydrogens is 354 g/mol. The lowest BCUT2D eigenvalue weighted by Gasteiger charge is -2.11. The number of hydrogen-bond acceptors (Lipinski definition) is 6. The number of rotatable bonds is 7. The molecule has 0 aliphatic carbocycles. The van der Waals surface area contributed by atoms with Crippen molar-refractivity contribution in [2.45, 2.75) is 19.9 Å². The number of carbonyl (C=O) groups excluding carboxylic acids is 1. The van der Waals surface area contributed by atoms with E-state index in [-0.39, 0.29) is 12.3 Å². The third-order valence-electron chi connectivity index (χ3n) is 4.23. The summed E-state index contributed by atoms with van der Waals surface area (Å²) >= 11 is 0. The van der Waals surface area contributed by atoms with Gasteiger partial charge in [-0.15, -0.1) is 0 Å². The molecule has 1 amide bonds. The lowest BCUT2D eigenvalue weighted by atomic mass is 10.1. The summed E-state index contributed by atoms with van der Waals surface area (Å²) in [7, 11) is 3.40. The molecule has 3 rings (SSSR count). The molecule has 3 aromatic rings. The molecule has 0 saturated heterocycles. The van der Waals surface area contributed by atoms with Gasteiger partial charge in [-0.3, -0.25) is 9.78 Å². The minimum absolute atomic E-state index is 0.0982. The first-order chi connectivity index (χ1) is 13.6. The Kier molecular flexibility index (Phi) is 6.16. The Morgan fingerprint density at radius 1 is 1.11 bits per heavy atom. The van der Waals surface area contributed by atoms with Crippen molar-refractivity contribution in [3.8, 4) is 17.1 Å². The quantitative estimate of drug-likeness (QED) is 0.658. The van der Waals surface area contributed by atoms with Crippen LogP contribution in [0.1, 0.15) is 16.8 Å². The maximum atomic E-state index is 12.4. The first-order valence-corrected chi connectivity index (χ1v) is 8.95. The predicted molar refractivity (Wildman–Crippen MR) is 108 cm³/mol. The van der Waals surface area contributed by atoms with Crippen LogP contribution in [-0.4, -0.2) is 35.0 Å². The number of anilines is 1. The highest BCUT2D eigenvalue weighted by molar-refractivity contribution is 5.79. The summed E-state index contributed by atoms with van der Waals surface area (Å²) in [5, 5.41) is 5.95. The molecule has 0 bridgehead atoms. The second-order valence-corrected chi connectivity index (χ2v) is 6.32. The summed E-state index contributed by atoms with van der Waals surface area (Å²) < 4.78 is 5.35. The molecule has 0 unspecified atom stereocenters. The Balaban J connectivity index is 1.72. The van der Waals surface area contributed by atoms with Gasteiger partial charge in [0.25, 0.3) is 0 Å². The first kappa shape index (κ1) is 19.3. The molecule has 28 heavy (non-hydrogen) atoms. The number of aryl methyl sites for hydroxylation is 1. The van der Waals surface area contributed by atoms with Crippen molar-refractivity contribution in [3.63, 3.8) is 0 Å². The smallest absolute Gasteiger partial charge is 0.224 e. The molecule has 0 spiro atoms. The Hall–Kier alpha value is -3.48. The molecule has 0 atom stereocenters. The van der Waals surface area contributed by atoms with Crippen LogP contribution in [0.5, 0.6) is 5.75 Å². The van der Waals surface area contributed by atoms with Crippen molar-refractivity contribution in [3.05, 3.63) is 65.6 Å². The van der Waals surface area contributed by atoms with Crippen molar-refractivity contribution in [2.24, 2.45) is 0 Å². The van der Waals surface area contributed by atoms with E-state index in [1.165, 1.54) is 0 Å². The van der Waals surface area contributed by atoms with Gasteiger partial charge >= 0.3 is 0 Å². The van der Waals surface area contributed by atoms with Gasteiger partial charge in [0.1, 0.15) is 11.6 Å². The second-order valence-electron chi connectivity index (χ2n) is 6.32. The number of hydrogen-bond donors (Lipinski definition) is 2. The highest BCUT2D eigenvalue weighted by Crippen LogP contribution is 2.20. The summed E-state index contributed by atoms with van der Waals surface area (Å²) in [4.78, 5) is 25.5. The summed E-state index contributed by atoms with van der Waals surface area (Å²) in [5.74, 6) is 1.88. The minimum atomic E-state index is -0.0982. The summed E-state index contributed by atoms with van der Waals surface area (Å²) in [6.45, 7) is 2.30.